The molecule has 0 saturated carbocycles. The molecule has 1 aromatic rings. The van der Waals surface area contributed by atoms with Gasteiger partial charge >= 0.3 is 5.97 Å². The van der Waals surface area contributed by atoms with Crippen LogP contribution in [0, 0.1) is 0 Å². The summed E-state index contributed by atoms with van der Waals surface area (Å²) >= 11 is 0. The molecule has 0 radical (unpaired) electrons. The van der Waals surface area contributed by atoms with Crippen LogP contribution in [0.2, 0.25) is 0 Å². The van der Waals surface area contributed by atoms with E-state index in [-0.39, 0.29) is 6.61 Å². The summed E-state index contributed by atoms with van der Waals surface area (Å²) in [6, 6.07) is 9.47. The van der Waals surface area contributed by atoms with Crippen LogP contribution >= 0.6 is 0 Å². The van der Waals surface area contributed by atoms with Crippen LogP contribution in [0.5, 0.6) is 0 Å². The van der Waals surface area contributed by atoms with Crippen molar-refractivity contribution in [2.45, 2.75) is 38.1 Å². The molecule has 0 aliphatic carbocycles. The van der Waals surface area contributed by atoms with E-state index < -0.39 is 30.6 Å². The van der Waals surface area contributed by atoms with Gasteiger partial charge in [0, 0.05) is 6.92 Å². The number of aliphatic hydroxyl groups excluding tert-OH is 2. The minimum absolute atomic E-state index is 0.0347. The van der Waals surface area contributed by atoms with Gasteiger partial charge in [-0.25, -0.2) is 0 Å². The lowest BCUT2D eigenvalue weighted by molar-refractivity contribution is -0.268. The smallest absolute Gasteiger partial charge is 0.303 e. The van der Waals surface area contributed by atoms with Crippen molar-refractivity contribution in [1.29, 1.82) is 0 Å². The lowest BCUT2D eigenvalue weighted by Gasteiger charge is -2.36. The molecule has 1 fully saturated rings. The summed E-state index contributed by atoms with van der Waals surface area (Å²) in [5.41, 5.74) is 0.954. The summed E-state index contributed by atoms with van der Waals surface area (Å²) in [4.78, 5) is 10.9. The second-order valence-corrected chi connectivity index (χ2v) is 4.62. The average Bonchev–Trinajstić information content (AvgIpc) is 2.43. The van der Waals surface area contributed by atoms with Gasteiger partial charge in [-0.15, -0.1) is 0 Å². The molecule has 1 aromatic carbocycles. The maximum absolute atomic E-state index is 10.9. The van der Waals surface area contributed by atoms with Crippen LogP contribution in [0.1, 0.15) is 12.5 Å². The Hall–Kier alpha value is -1.47. The Morgan fingerprint density at radius 1 is 1.35 bits per heavy atom. The average molecular weight is 282 g/mol. The SMILES string of the molecule is CC(=O)O[C@@H]1[C@@H](O)[C@@H](OCc2ccccc2)CO[C@@H]1O. The Morgan fingerprint density at radius 2 is 2.05 bits per heavy atom. The van der Waals surface area contributed by atoms with Gasteiger partial charge in [-0.05, 0) is 5.56 Å². The fraction of sp³-hybridized carbons (Fsp3) is 0.500. The molecule has 4 atom stereocenters. The van der Waals surface area contributed by atoms with Gasteiger partial charge in [-0.2, -0.15) is 0 Å². The van der Waals surface area contributed by atoms with Gasteiger partial charge in [0.15, 0.2) is 12.4 Å². The molecule has 0 aromatic heterocycles. The molecular weight excluding hydrogens is 264 g/mol. The molecular formula is C14H18O6. The van der Waals surface area contributed by atoms with Crippen LogP contribution in [0.15, 0.2) is 30.3 Å². The highest BCUT2D eigenvalue weighted by Crippen LogP contribution is 2.20. The first-order valence-corrected chi connectivity index (χ1v) is 6.38. The molecule has 0 unspecified atom stereocenters. The third kappa shape index (κ3) is 3.77. The number of benzene rings is 1. The number of carbonyl (C=O) groups excluding carboxylic acids is 1. The van der Waals surface area contributed by atoms with Crippen LogP contribution in [0.4, 0.5) is 0 Å². The van der Waals surface area contributed by atoms with E-state index in [2.05, 4.69) is 0 Å². The molecule has 1 aliphatic heterocycles. The third-order valence-corrected chi connectivity index (χ3v) is 3.04. The number of hydrogen-bond acceptors (Lipinski definition) is 6. The van der Waals surface area contributed by atoms with Crippen molar-refractivity contribution in [3.63, 3.8) is 0 Å². The Labute approximate surface area is 116 Å². The minimum atomic E-state index is -1.34. The van der Waals surface area contributed by atoms with Gasteiger partial charge in [0.2, 0.25) is 0 Å². The molecule has 2 N–H and O–H groups in total. The van der Waals surface area contributed by atoms with Gasteiger partial charge in [-0.1, -0.05) is 30.3 Å². The van der Waals surface area contributed by atoms with E-state index in [1.807, 2.05) is 30.3 Å². The van der Waals surface area contributed by atoms with E-state index in [0.717, 1.165) is 5.56 Å². The van der Waals surface area contributed by atoms with E-state index >= 15 is 0 Å². The first kappa shape index (κ1) is 14.9. The second kappa shape index (κ2) is 6.81. The van der Waals surface area contributed by atoms with Crippen molar-refractivity contribution in [3.05, 3.63) is 35.9 Å². The van der Waals surface area contributed by atoms with Crippen LogP contribution in [0.3, 0.4) is 0 Å². The molecule has 1 heterocycles. The summed E-state index contributed by atoms with van der Waals surface area (Å²) in [6.45, 7) is 1.54. The molecule has 0 bridgehead atoms. The molecule has 110 valence electrons. The van der Waals surface area contributed by atoms with Crippen molar-refractivity contribution in [1.82, 2.24) is 0 Å². The Morgan fingerprint density at radius 3 is 2.70 bits per heavy atom. The Bertz CT molecular complexity index is 435. The van der Waals surface area contributed by atoms with Crippen molar-refractivity contribution >= 4 is 5.97 Å². The van der Waals surface area contributed by atoms with Crippen LogP contribution in [0.25, 0.3) is 0 Å². The molecule has 2 rings (SSSR count). The number of carbonyl (C=O) groups is 1. The first-order chi connectivity index (χ1) is 9.58. The molecule has 1 saturated heterocycles. The largest absolute Gasteiger partial charge is 0.454 e. The molecule has 0 spiro atoms. The summed E-state index contributed by atoms with van der Waals surface area (Å²) in [7, 11) is 0. The fourth-order valence-electron chi connectivity index (χ4n) is 2.01. The fourth-order valence-corrected chi connectivity index (χ4v) is 2.01. The predicted octanol–water partition coefficient (Wildman–Crippen LogP) is 0.213. The standard InChI is InChI=1S/C14H18O6/c1-9(15)20-13-12(16)11(8-19-14(13)17)18-7-10-5-3-2-4-6-10/h2-6,11-14,16-17H,7-8H2,1H3/t11-,12-,13+,14-/m0/s1. The van der Waals surface area contributed by atoms with E-state index in [0.29, 0.717) is 6.61 Å². The zero-order chi connectivity index (χ0) is 14.5. The quantitative estimate of drug-likeness (QED) is 0.768. The van der Waals surface area contributed by atoms with E-state index in [1.54, 1.807) is 0 Å². The highest BCUT2D eigenvalue weighted by molar-refractivity contribution is 5.66. The number of hydrogen-bond donors (Lipinski definition) is 2. The van der Waals surface area contributed by atoms with Crippen molar-refractivity contribution in [2.75, 3.05) is 6.61 Å². The number of rotatable bonds is 4. The lowest BCUT2D eigenvalue weighted by atomic mass is 10.0. The molecule has 0 amide bonds. The lowest BCUT2D eigenvalue weighted by Crippen LogP contribution is -2.55. The minimum Gasteiger partial charge on any atom is -0.454 e. The monoisotopic (exact) mass is 282 g/mol. The number of aliphatic hydroxyl groups is 2. The summed E-state index contributed by atoms with van der Waals surface area (Å²) in [6.07, 6.45) is -4.28. The summed E-state index contributed by atoms with van der Waals surface area (Å²) < 4.78 is 15.5. The van der Waals surface area contributed by atoms with E-state index in [1.165, 1.54) is 6.92 Å². The normalized spacial score (nSPS) is 29.9. The van der Waals surface area contributed by atoms with E-state index in [9.17, 15) is 15.0 Å². The number of esters is 1. The Kier molecular flexibility index (Phi) is 5.08. The molecule has 6 nitrogen and oxygen atoms in total. The van der Waals surface area contributed by atoms with Gasteiger partial charge in [-0.3, -0.25) is 4.79 Å². The molecule has 1 aliphatic rings. The second-order valence-electron chi connectivity index (χ2n) is 4.62. The van der Waals surface area contributed by atoms with E-state index in [4.69, 9.17) is 14.2 Å². The van der Waals surface area contributed by atoms with Crippen molar-refractivity contribution in [2.24, 2.45) is 0 Å². The molecule has 20 heavy (non-hydrogen) atoms. The summed E-state index contributed by atoms with van der Waals surface area (Å²) in [5, 5.41) is 19.7. The highest BCUT2D eigenvalue weighted by Gasteiger charge is 2.41. The highest BCUT2D eigenvalue weighted by atomic mass is 16.7. The molecule has 6 heteroatoms. The van der Waals surface area contributed by atoms with Crippen LogP contribution < -0.4 is 0 Å². The summed E-state index contributed by atoms with van der Waals surface area (Å²) in [5.74, 6) is -0.597. The van der Waals surface area contributed by atoms with Gasteiger partial charge in [0.1, 0.15) is 12.2 Å². The Balaban J connectivity index is 1.93. The van der Waals surface area contributed by atoms with Gasteiger partial charge in [0.25, 0.3) is 0 Å². The zero-order valence-electron chi connectivity index (χ0n) is 11.1. The maximum Gasteiger partial charge on any atom is 0.303 e. The predicted molar refractivity (Wildman–Crippen MR) is 68.5 cm³/mol. The van der Waals surface area contributed by atoms with Gasteiger partial charge < -0.3 is 24.4 Å². The van der Waals surface area contributed by atoms with Gasteiger partial charge in [0.05, 0.1) is 13.2 Å². The van der Waals surface area contributed by atoms with Crippen LogP contribution in [-0.2, 0) is 25.6 Å². The number of ether oxygens (including phenoxy) is 3. The van der Waals surface area contributed by atoms with Crippen molar-refractivity contribution in [3.8, 4) is 0 Å². The first-order valence-electron chi connectivity index (χ1n) is 6.38. The van der Waals surface area contributed by atoms with Crippen molar-refractivity contribution < 1.29 is 29.2 Å². The maximum atomic E-state index is 10.9. The third-order valence-electron chi connectivity index (χ3n) is 3.04. The topological polar surface area (TPSA) is 85.2 Å². The van der Waals surface area contributed by atoms with Crippen LogP contribution in [-0.4, -0.2) is 47.4 Å². The zero-order valence-corrected chi connectivity index (χ0v) is 11.1.